The number of pyridine rings is 1. The number of aromatic amines is 1. The summed E-state index contributed by atoms with van der Waals surface area (Å²) < 4.78 is 19.4. The third-order valence-corrected chi connectivity index (χ3v) is 9.27. The van der Waals surface area contributed by atoms with Crippen LogP contribution in [0.15, 0.2) is 33.7 Å². The Balaban J connectivity index is 1.38. The van der Waals surface area contributed by atoms with Gasteiger partial charge in [-0.25, -0.2) is 0 Å². The first-order valence-electron chi connectivity index (χ1n) is 14.3. The van der Waals surface area contributed by atoms with Gasteiger partial charge in [0.2, 0.25) is 0 Å². The first-order chi connectivity index (χ1) is 19.1. The Kier molecular flexibility index (Phi) is 6.56. The molecule has 0 bridgehead atoms. The largest absolute Gasteiger partial charge is 0.464 e. The number of nitrogens with one attached hydrogen (secondary N) is 1. The van der Waals surface area contributed by atoms with Crippen LogP contribution in [0.25, 0.3) is 11.3 Å². The molecule has 1 atom stereocenters. The fraction of sp³-hybridized carbons (Fsp3) is 0.500. The number of furan rings is 1. The van der Waals surface area contributed by atoms with Crippen LogP contribution in [0.4, 0.5) is 0 Å². The Bertz CT molecular complexity index is 1510. The second-order valence-corrected chi connectivity index (χ2v) is 12.1. The standard InChI is InChI=1S/C32H39N3O5/c1-18-16-19(2)33-30(36)24(18)17-35-14-13-23-26(31(35)37)20(3)28-29(27(23)25-8-7-15-38-25)40-32(4,39-28)21-9-11-22(12-10-21)34(5)6/h7-8,15-16,21-22H,9-14,17H2,1-6H3,(H,33,36)/t21-,22-,32?. The Hall–Kier alpha value is -3.52. The smallest absolute Gasteiger partial charge is 0.254 e. The van der Waals surface area contributed by atoms with Crippen LogP contribution in [0, 0.1) is 26.7 Å². The highest BCUT2D eigenvalue weighted by molar-refractivity contribution is 6.02. The molecule has 8 nitrogen and oxygen atoms in total. The maximum Gasteiger partial charge on any atom is 0.254 e. The Morgan fingerprint density at radius 2 is 1.77 bits per heavy atom. The van der Waals surface area contributed by atoms with Gasteiger partial charge in [-0.1, -0.05) is 0 Å². The molecule has 1 aliphatic carbocycles. The van der Waals surface area contributed by atoms with E-state index in [9.17, 15) is 9.59 Å². The van der Waals surface area contributed by atoms with Gasteiger partial charge in [-0.15, -0.1) is 0 Å². The third kappa shape index (κ3) is 4.33. The quantitative estimate of drug-likeness (QED) is 0.464. The van der Waals surface area contributed by atoms with E-state index in [-0.39, 0.29) is 23.9 Å². The number of hydrogen-bond acceptors (Lipinski definition) is 6. The van der Waals surface area contributed by atoms with Crippen molar-refractivity contribution in [2.24, 2.45) is 5.92 Å². The van der Waals surface area contributed by atoms with Crippen molar-refractivity contribution < 1.29 is 18.7 Å². The van der Waals surface area contributed by atoms with E-state index in [2.05, 4.69) is 24.0 Å². The molecule has 6 rings (SSSR count). The Labute approximate surface area is 235 Å². The van der Waals surface area contributed by atoms with Gasteiger partial charge in [0, 0.05) is 42.2 Å². The second-order valence-electron chi connectivity index (χ2n) is 12.1. The number of rotatable bonds is 5. The molecule has 1 N–H and O–H groups in total. The van der Waals surface area contributed by atoms with Crippen molar-refractivity contribution in [2.45, 2.75) is 78.2 Å². The zero-order valence-electron chi connectivity index (χ0n) is 24.3. The number of carbonyl (C=O) groups is 1. The minimum absolute atomic E-state index is 0.0996. The molecule has 8 heteroatoms. The van der Waals surface area contributed by atoms with Crippen molar-refractivity contribution in [3.05, 3.63) is 68.3 Å². The molecule has 4 heterocycles. The molecule has 0 spiro atoms. The monoisotopic (exact) mass is 545 g/mol. The van der Waals surface area contributed by atoms with E-state index in [0.717, 1.165) is 53.6 Å². The van der Waals surface area contributed by atoms with Crippen LogP contribution in [0.3, 0.4) is 0 Å². The predicted molar refractivity (Wildman–Crippen MR) is 153 cm³/mol. The number of hydrogen-bond donors (Lipinski definition) is 1. The fourth-order valence-corrected chi connectivity index (χ4v) is 6.96. The van der Waals surface area contributed by atoms with Crippen molar-refractivity contribution in [3.8, 4) is 22.8 Å². The highest BCUT2D eigenvalue weighted by atomic mass is 16.7. The predicted octanol–water partition coefficient (Wildman–Crippen LogP) is 5.37. The van der Waals surface area contributed by atoms with Gasteiger partial charge in [-0.05, 0) is 96.3 Å². The minimum atomic E-state index is -0.815. The molecule has 1 unspecified atom stereocenters. The van der Waals surface area contributed by atoms with Gasteiger partial charge in [0.15, 0.2) is 11.5 Å². The van der Waals surface area contributed by atoms with Crippen molar-refractivity contribution in [1.82, 2.24) is 14.8 Å². The SMILES string of the molecule is Cc1cc(C)c(CN2CCc3c(c(C)c4c(c3-c3ccco3)OC(C)([C@H]3CC[C@H](N(C)C)CC3)O4)C2=O)c(=O)[nH]1. The summed E-state index contributed by atoms with van der Waals surface area (Å²) in [5.74, 6) is 1.30. The minimum Gasteiger partial charge on any atom is -0.464 e. The van der Waals surface area contributed by atoms with Crippen LogP contribution in [-0.2, 0) is 13.0 Å². The first-order valence-corrected chi connectivity index (χ1v) is 14.3. The van der Waals surface area contributed by atoms with Crippen molar-refractivity contribution in [1.29, 1.82) is 0 Å². The molecule has 1 saturated carbocycles. The van der Waals surface area contributed by atoms with E-state index in [1.165, 1.54) is 0 Å². The van der Waals surface area contributed by atoms with Gasteiger partial charge < -0.3 is 28.7 Å². The molecule has 3 aromatic rings. The van der Waals surface area contributed by atoms with Crippen molar-refractivity contribution in [3.63, 3.8) is 0 Å². The van der Waals surface area contributed by atoms with Gasteiger partial charge in [0.05, 0.1) is 23.9 Å². The number of carbonyl (C=O) groups excluding carboxylic acids is 1. The summed E-state index contributed by atoms with van der Waals surface area (Å²) in [6, 6.07) is 6.29. The number of amides is 1. The van der Waals surface area contributed by atoms with Crippen molar-refractivity contribution in [2.75, 3.05) is 20.6 Å². The lowest BCUT2D eigenvalue weighted by atomic mass is 9.81. The number of ether oxygens (including phenoxy) is 2. The van der Waals surface area contributed by atoms with Gasteiger partial charge in [0.25, 0.3) is 17.3 Å². The lowest BCUT2D eigenvalue weighted by Gasteiger charge is -2.39. The topological polar surface area (TPSA) is 88.0 Å². The average molecular weight is 546 g/mol. The first kappa shape index (κ1) is 26.7. The number of nitrogens with zero attached hydrogens (tertiary/aromatic N) is 2. The summed E-state index contributed by atoms with van der Waals surface area (Å²) in [7, 11) is 4.29. The second kappa shape index (κ2) is 9.84. The summed E-state index contributed by atoms with van der Waals surface area (Å²) in [5.41, 5.74) is 5.32. The number of benzene rings is 1. The molecule has 1 aromatic carbocycles. The third-order valence-electron chi connectivity index (χ3n) is 9.27. The molecule has 1 amide bonds. The summed E-state index contributed by atoms with van der Waals surface area (Å²) >= 11 is 0. The van der Waals surface area contributed by atoms with Gasteiger partial charge in [0.1, 0.15) is 5.76 Å². The molecule has 0 radical (unpaired) electrons. The van der Waals surface area contributed by atoms with Crippen LogP contribution in [0.5, 0.6) is 11.5 Å². The van der Waals surface area contributed by atoms with Gasteiger partial charge >= 0.3 is 0 Å². The van der Waals surface area contributed by atoms with Crippen LogP contribution in [-0.4, -0.2) is 53.2 Å². The van der Waals surface area contributed by atoms with E-state index in [0.29, 0.717) is 47.4 Å². The lowest BCUT2D eigenvalue weighted by Crippen LogP contribution is -2.46. The summed E-state index contributed by atoms with van der Waals surface area (Å²) in [6.07, 6.45) is 6.50. The number of fused-ring (bicyclic) bond motifs is 2. The van der Waals surface area contributed by atoms with Crippen LogP contribution in [0.2, 0.25) is 0 Å². The molecule has 40 heavy (non-hydrogen) atoms. The molecule has 2 aromatic heterocycles. The maximum absolute atomic E-state index is 14.1. The Morgan fingerprint density at radius 1 is 1.05 bits per heavy atom. The van der Waals surface area contributed by atoms with Gasteiger partial charge in [-0.2, -0.15) is 0 Å². The maximum atomic E-state index is 14.1. The highest BCUT2D eigenvalue weighted by Crippen LogP contribution is 2.55. The van der Waals surface area contributed by atoms with Gasteiger partial charge in [-0.3, -0.25) is 9.59 Å². The van der Waals surface area contributed by atoms with Crippen LogP contribution >= 0.6 is 0 Å². The van der Waals surface area contributed by atoms with E-state index < -0.39 is 5.79 Å². The molecule has 3 aliphatic rings. The van der Waals surface area contributed by atoms with E-state index >= 15 is 0 Å². The summed E-state index contributed by atoms with van der Waals surface area (Å²) in [5, 5.41) is 0. The van der Waals surface area contributed by atoms with Crippen molar-refractivity contribution >= 4 is 5.91 Å². The summed E-state index contributed by atoms with van der Waals surface area (Å²) in [4.78, 5) is 33.8. The molecule has 1 fully saturated rings. The molecule has 0 saturated heterocycles. The number of aryl methyl sites for hydroxylation is 2. The van der Waals surface area contributed by atoms with E-state index in [4.69, 9.17) is 13.9 Å². The van der Waals surface area contributed by atoms with Crippen LogP contribution in [0.1, 0.15) is 70.9 Å². The number of aromatic nitrogens is 1. The molecular formula is C32H39N3O5. The highest BCUT2D eigenvalue weighted by Gasteiger charge is 2.49. The zero-order valence-corrected chi connectivity index (χ0v) is 24.3. The number of H-pyrrole nitrogens is 1. The molecule has 212 valence electrons. The molecular weight excluding hydrogens is 506 g/mol. The van der Waals surface area contributed by atoms with E-state index in [1.807, 2.05) is 45.9 Å². The normalized spacial score (nSPS) is 24.1. The van der Waals surface area contributed by atoms with Crippen LogP contribution < -0.4 is 15.0 Å². The fourth-order valence-electron chi connectivity index (χ4n) is 6.96. The lowest BCUT2D eigenvalue weighted by molar-refractivity contribution is -0.123. The average Bonchev–Trinajstić information content (AvgIpc) is 3.56. The zero-order chi connectivity index (χ0) is 28.3. The Morgan fingerprint density at radius 3 is 2.42 bits per heavy atom. The summed E-state index contributed by atoms with van der Waals surface area (Å²) in [6.45, 7) is 8.54. The molecule has 2 aliphatic heterocycles. The van der Waals surface area contributed by atoms with E-state index in [1.54, 1.807) is 11.2 Å².